The molecule has 186 valence electrons. The van der Waals surface area contributed by atoms with Gasteiger partial charge in [-0.25, -0.2) is 4.98 Å². The fourth-order valence-electron chi connectivity index (χ4n) is 5.22. The van der Waals surface area contributed by atoms with E-state index in [1.54, 1.807) is 12.1 Å². The zero-order chi connectivity index (χ0) is 25.4. The van der Waals surface area contributed by atoms with Crippen LogP contribution in [0.15, 0.2) is 72.8 Å². The van der Waals surface area contributed by atoms with Crippen molar-refractivity contribution >= 4 is 22.6 Å². The third kappa shape index (κ3) is 4.55. The predicted molar refractivity (Wildman–Crippen MR) is 142 cm³/mol. The third-order valence-electron chi connectivity index (χ3n) is 7.24. The van der Waals surface area contributed by atoms with Crippen LogP contribution in [0.1, 0.15) is 39.1 Å². The summed E-state index contributed by atoms with van der Waals surface area (Å²) in [5.41, 5.74) is 4.94. The second-order valence-corrected chi connectivity index (χ2v) is 9.73. The van der Waals surface area contributed by atoms with Gasteiger partial charge in [0.05, 0.1) is 16.8 Å². The van der Waals surface area contributed by atoms with Gasteiger partial charge >= 0.3 is 0 Å². The van der Waals surface area contributed by atoms with Crippen molar-refractivity contribution in [1.29, 1.82) is 0 Å². The summed E-state index contributed by atoms with van der Waals surface area (Å²) in [4.78, 5) is 33.8. The molecule has 0 unspecified atom stereocenters. The van der Waals surface area contributed by atoms with Gasteiger partial charge in [0.15, 0.2) is 17.3 Å². The number of hydrogen-bond donors (Lipinski definition) is 0. The number of ether oxygens (including phenoxy) is 2. The average molecular weight is 493 g/mol. The van der Waals surface area contributed by atoms with Crippen LogP contribution in [0, 0.1) is 12.8 Å². The second kappa shape index (κ2) is 9.69. The van der Waals surface area contributed by atoms with Crippen molar-refractivity contribution in [3.05, 3.63) is 89.5 Å². The number of piperidine rings is 1. The number of aryl methyl sites for hydroxylation is 1. The number of aromatic nitrogens is 1. The lowest BCUT2D eigenvalue weighted by atomic mass is 9.88. The summed E-state index contributed by atoms with van der Waals surface area (Å²) in [5, 5.41) is 0.860. The Morgan fingerprint density at radius 3 is 2.41 bits per heavy atom. The third-order valence-corrected chi connectivity index (χ3v) is 7.24. The molecule has 0 spiro atoms. The second-order valence-electron chi connectivity index (χ2n) is 9.73. The van der Waals surface area contributed by atoms with Gasteiger partial charge in [-0.1, -0.05) is 42.0 Å². The van der Waals surface area contributed by atoms with Crippen molar-refractivity contribution in [3.63, 3.8) is 0 Å². The monoisotopic (exact) mass is 492 g/mol. The molecule has 4 aromatic rings. The summed E-state index contributed by atoms with van der Waals surface area (Å²) in [6.07, 6.45) is 1.26. The van der Waals surface area contributed by atoms with E-state index in [0.29, 0.717) is 61.8 Å². The molecule has 6 nitrogen and oxygen atoms in total. The highest BCUT2D eigenvalue weighted by Crippen LogP contribution is 2.33. The van der Waals surface area contributed by atoms with E-state index in [1.807, 2.05) is 72.5 Å². The van der Waals surface area contributed by atoms with E-state index in [4.69, 9.17) is 14.5 Å². The van der Waals surface area contributed by atoms with Gasteiger partial charge in [-0.05, 0) is 56.2 Å². The van der Waals surface area contributed by atoms with E-state index >= 15 is 0 Å². The van der Waals surface area contributed by atoms with Gasteiger partial charge in [-0.2, -0.15) is 0 Å². The Bertz CT molecular complexity index is 1490. The predicted octanol–water partition coefficient (Wildman–Crippen LogP) is 5.72. The molecule has 0 saturated carbocycles. The molecule has 3 aromatic carbocycles. The topological polar surface area (TPSA) is 68.7 Å². The van der Waals surface area contributed by atoms with E-state index in [2.05, 4.69) is 0 Å². The summed E-state index contributed by atoms with van der Waals surface area (Å²) in [6, 6.07) is 23.3. The number of fused-ring (bicyclic) bond motifs is 2. The van der Waals surface area contributed by atoms with Gasteiger partial charge in [0.25, 0.3) is 5.91 Å². The molecule has 1 amide bonds. The fourth-order valence-corrected chi connectivity index (χ4v) is 5.22. The maximum atomic E-state index is 13.8. The van der Waals surface area contributed by atoms with Crippen molar-refractivity contribution in [2.75, 3.05) is 26.3 Å². The van der Waals surface area contributed by atoms with Gasteiger partial charge in [0.2, 0.25) is 0 Å². The number of rotatable bonds is 4. The molecule has 37 heavy (non-hydrogen) atoms. The van der Waals surface area contributed by atoms with Crippen LogP contribution < -0.4 is 9.47 Å². The molecule has 0 bridgehead atoms. The van der Waals surface area contributed by atoms with Crippen molar-refractivity contribution < 1.29 is 19.1 Å². The van der Waals surface area contributed by atoms with Crippen LogP contribution in [0.4, 0.5) is 0 Å². The number of Topliss-reactive ketones (excluding diaryl/α,β-unsaturated/α-hetero) is 1. The quantitative estimate of drug-likeness (QED) is 0.341. The van der Waals surface area contributed by atoms with E-state index in [1.165, 1.54) is 0 Å². The van der Waals surface area contributed by atoms with Gasteiger partial charge in [-0.15, -0.1) is 0 Å². The molecule has 0 atom stereocenters. The highest BCUT2D eigenvalue weighted by molar-refractivity contribution is 6.07. The Hall–Kier alpha value is -4.19. The maximum absolute atomic E-state index is 13.8. The molecular formula is C31H28N2O4. The lowest BCUT2D eigenvalue weighted by molar-refractivity contribution is 0.0651. The summed E-state index contributed by atoms with van der Waals surface area (Å²) in [6.45, 7) is 4.10. The maximum Gasteiger partial charge on any atom is 0.254 e. The number of nitrogens with zero attached hydrogens (tertiary/aromatic N) is 2. The largest absolute Gasteiger partial charge is 0.486 e. The number of likely N-dealkylation sites (tertiary alicyclic amines) is 1. The molecular weight excluding hydrogens is 464 g/mol. The van der Waals surface area contributed by atoms with Gasteiger partial charge < -0.3 is 14.4 Å². The lowest BCUT2D eigenvalue weighted by Crippen LogP contribution is -2.40. The first-order valence-corrected chi connectivity index (χ1v) is 12.8. The Labute approximate surface area is 215 Å². The molecule has 1 fully saturated rings. The van der Waals surface area contributed by atoms with Crippen LogP contribution in [-0.2, 0) is 0 Å². The lowest BCUT2D eigenvalue weighted by Gasteiger charge is -2.32. The first-order chi connectivity index (χ1) is 18.1. The number of amides is 1. The summed E-state index contributed by atoms with van der Waals surface area (Å²) in [5.74, 6) is 1.26. The highest BCUT2D eigenvalue weighted by atomic mass is 16.6. The Kier molecular flexibility index (Phi) is 6.08. The van der Waals surface area contributed by atoms with Crippen LogP contribution in [0.5, 0.6) is 11.5 Å². The molecule has 1 aromatic heterocycles. The molecule has 1 saturated heterocycles. The van der Waals surface area contributed by atoms with Gasteiger partial charge in [0, 0.05) is 35.5 Å². The van der Waals surface area contributed by atoms with Crippen LogP contribution in [-0.4, -0.2) is 47.9 Å². The first kappa shape index (κ1) is 23.2. The number of carbonyl (C=O) groups is 2. The Morgan fingerprint density at radius 2 is 1.62 bits per heavy atom. The number of ketones is 1. The smallest absolute Gasteiger partial charge is 0.254 e. The van der Waals surface area contributed by atoms with Gasteiger partial charge in [0.1, 0.15) is 13.2 Å². The van der Waals surface area contributed by atoms with Crippen LogP contribution in [0.2, 0.25) is 0 Å². The molecule has 6 rings (SSSR count). The van der Waals surface area contributed by atoms with Crippen LogP contribution in [0.3, 0.4) is 0 Å². The normalized spacial score (nSPS) is 15.5. The van der Waals surface area contributed by atoms with Crippen LogP contribution >= 0.6 is 0 Å². The molecule has 6 heteroatoms. The minimum Gasteiger partial charge on any atom is -0.486 e. The first-order valence-electron chi connectivity index (χ1n) is 12.8. The van der Waals surface area contributed by atoms with E-state index in [9.17, 15) is 9.59 Å². The summed E-state index contributed by atoms with van der Waals surface area (Å²) >= 11 is 0. The molecule has 0 N–H and O–H groups in total. The minimum atomic E-state index is -0.122. The number of carbonyl (C=O) groups excluding carboxylic acids is 2. The van der Waals surface area contributed by atoms with Crippen molar-refractivity contribution in [2.45, 2.75) is 19.8 Å². The van der Waals surface area contributed by atoms with Crippen molar-refractivity contribution in [2.24, 2.45) is 5.92 Å². The molecule has 3 heterocycles. The fraction of sp³-hybridized carbons (Fsp3) is 0.258. The van der Waals surface area contributed by atoms with Crippen LogP contribution in [0.25, 0.3) is 22.2 Å². The standard InChI is InChI=1S/C31H28N2O4/c1-20-7-9-26-24(17-20)25(19-27(32-26)21-5-3-2-4-6-21)31(35)33-13-11-22(12-14-33)30(34)23-8-10-28-29(18-23)37-16-15-36-28/h2-10,17-19,22H,11-16H2,1H3. The summed E-state index contributed by atoms with van der Waals surface area (Å²) < 4.78 is 11.2. The molecule has 0 radical (unpaired) electrons. The Morgan fingerprint density at radius 1 is 0.865 bits per heavy atom. The minimum absolute atomic E-state index is 0.0135. The average Bonchev–Trinajstić information content (AvgIpc) is 2.96. The molecule has 2 aliphatic rings. The molecule has 2 aliphatic heterocycles. The highest BCUT2D eigenvalue weighted by Gasteiger charge is 2.30. The molecule has 0 aliphatic carbocycles. The number of hydrogen-bond acceptors (Lipinski definition) is 5. The summed E-state index contributed by atoms with van der Waals surface area (Å²) in [7, 11) is 0. The Balaban J connectivity index is 1.23. The zero-order valence-electron chi connectivity index (χ0n) is 20.8. The number of benzene rings is 3. The van der Waals surface area contributed by atoms with Crippen molar-refractivity contribution in [1.82, 2.24) is 9.88 Å². The zero-order valence-corrected chi connectivity index (χ0v) is 20.8. The van der Waals surface area contributed by atoms with E-state index < -0.39 is 0 Å². The van der Waals surface area contributed by atoms with E-state index in [0.717, 1.165) is 27.7 Å². The van der Waals surface area contributed by atoms with E-state index in [-0.39, 0.29) is 17.6 Å². The number of pyridine rings is 1. The van der Waals surface area contributed by atoms with Crippen molar-refractivity contribution in [3.8, 4) is 22.8 Å². The SMILES string of the molecule is Cc1ccc2nc(-c3ccccc3)cc(C(=O)N3CCC(C(=O)c4ccc5c(c4)OCCO5)CC3)c2c1. The van der Waals surface area contributed by atoms with Gasteiger partial charge in [-0.3, -0.25) is 9.59 Å².